The zero-order valence-corrected chi connectivity index (χ0v) is 9.10. The van der Waals surface area contributed by atoms with Crippen molar-refractivity contribution in [2.24, 2.45) is 0 Å². The molecule has 0 aromatic carbocycles. The highest BCUT2D eigenvalue weighted by Crippen LogP contribution is 2.15. The summed E-state index contributed by atoms with van der Waals surface area (Å²) in [6.45, 7) is 3.71. The first-order valence-electron chi connectivity index (χ1n) is 4.59. The molecule has 1 aliphatic rings. The van der Waals surface area contributed by atoms with Crippen molar-refractivity contribution < 1.29 is 4.79 Å². The zero-order chi connectivity index (χ0) is 10.1. The quantitative estimate of drug-likeness (QED) is 0.774. The number of carbonyl (C=O) groups excluding carboxylic acids is 1. The van der Waals surface area contributed by atoms with Crippen LogP contribution in [0.4, 0.5) is 0 Å². The second-order valence-electron chi connectivity index (χ2n) is 3.47. The van der Waals surface area contributed by atoms with Gasteiger partial charge in [0.05, 0.1) is 17.2 Å². The highest BCUT2D eigenvalue weighted by Gasteiger charge is 2.26. The summed E-state index contributed by atoms with van der Waals surface area (Å²) in [6.07, 6.45) is 1.66. The molecule has 1 aromatic rings. The van der Waals surface area contributed by atoms with Gasteiger partial charge in [-0.25, -0.2) is 4.98 Å². The second-order valence-corrected chi connectivity index (χ2v) is 4.71. The first kappa shape index (κ1) is 9.61. The lowest BCUT2D eigenvalue weighted by atomic mass is 10.1. The van der Waals surface area contributed by atoms with Crippen LogP contribution in [0.5, 0.6) is 0 Å². The number of rotatable bonds is 2. The fraction of sp³-hybridized carbons (Fsp3) is 0.556. The van der Waals surface area contributed by atoms with Gasteiger partial charge in [-0.2, -0.15) is 0 Å². The molecule has 1 N–H and O–H groups in total. The third-order valence-electron chi connectivity index (χ3n) is 2.46. The van der Waals surface area contributed by atoms with Crippen molar-refractivity contribution in [2.75, 3.05) is 20.1 Å². The molecule has 0 unspecified atom stereocenters. The first-order chi connectivity index (χ1) is 6.68. The van der Waals surface area contributed by atoms with Crippen LogP contribution in [0.1, 0.15) is 14.7 Å². The van der Waals surface area contributed by atoms with E-state index in [0.29, 0.717) is 6.04 Å². The van der Waals surface area contributed by atoms with Gasteiger partial charge in [0.25, 0.3) is 5.91 Å². The van der Waals surface area contributed by atoms with Crippen molar-refractivity contribution in [1.29, 1.82) is 0 Å². The summed E-state index contributed by atoms with van der Waals surface area (Å²) in [5.41, 5.74) is 0. The minimum absolute atomic E-state index is 0.0853. The fourth-order valence-corrected chi connectivity index (χ4v) is 2.11. The lowest BCUT2D eigenvalue weighted by molar-refractivity contribution is 0.0686. The second kappa shape index (κ2) is 3.67. The summed E-state index contributed by atoms with van der Waals surface area (Å²) in [7, 11) is 1.85. The van der Waals surface area contributed by atoms with Gasteiger partial charge < -0.3 is 10.2 Å². The van der Waals surface area contributed by atoms with Gasteiger partial charge in [-0.1, -0.05) is 0 Å². The molecule has 0 atom stereocenters. The maximum Gasteiger partial charge on any atom is 0.265 e. The number of aromatic nitrogens is 1. The predicted octanol–water partition coefficient (Wildman–Crippen LogP) is 0.495. The van der Waals surface area contributed by atoms with E-state index in [1.54, 1.807) is 11.1 Å². The molecule has 1 aliphatic heterocycles. The van der Waals surface area contributed by atoms with Crippen molar-refractivity contribution in [3.8, 4) is 0 Å². The average Bonchev–Trinajstić information content (AvgIpc) is 2.47. The Morgan fingerprint density at radius 3 is 2.86 bits per heavy atom. The van der Waals surface area contributed by atoms with Crippen LogP contribution in [0.25, 0.3) is 0 Å². The van der Waals surface area contributed by atoms with Crippen LogP contribution >= 0.6 is 11.3 Å². The lowest BCUT2D eigenvalue weighted by Gasteiger charge is -2.35. The molecule has 0 saturated carbocycles. The molecule has 0 aliphatic carbocycles. The number of likely N-dealkylation sites (N-methyl/N-ethyl adjacent to an activating group) is 1. The molecule has 1 fully saturated rings. The molecule has 0 radical (unpaired) electrons. The van der Waals surface area contributed by atoms with Gasteiger partial charge in [0, 0.05) is 20.1 Å². The van der Waals surface area contributed by atoms with Crippen LogP contribution in [-0.4, -0.2) is 42.0 Å². The molecule has 0 spiro atoms. The van der Waals surface area contributed by atoms with Crippen LogP contribution in [0, 0.1) is 6.92 Å². The Morgan fingerprint density at radius 1 is 1.71 bits per heavy atom. The van der Waals surface area contributed by atoms with Crippen LogP contribution in [0.15, 0.2) is 6.20 Å². The molecule has 1 amide bonds. The number of thiazole rings is 1. The molecule has 76 valence electrons. The van der Waals surface area contributed by atoms with Crippen molar-refractivity contribution in [3.63, 3.8) is 0 Å². The molecule has 2 heterocycles. The Balaban J connectivity index is 2.07. The average molecular weight is 211 g/mol. The predicted molar refractivity (Wildman–Crippen MR) is 55.6 cm³/mol. The standard InChI is InChI=1S/C9H13N3OS/c1-6-11-5-8(14-6)9(13)12(2)7-3-10-4-7/h5,7,10H,3-4H2,1-2H3. The maximum atomic E-state index is 11.9. The maximum absolute atomic E-state index is 11.9. The van der Waals surface area contributed by atoms with E-state index >= 15 is 0 Å². The van der Waals surface area contributed by atoms with Crippen LogP contribution in [0.2, 0.25) is 0 Å². The first-order valence-corrected chi connectivity index (χ1v) is 5.40. The van der Waals surface area contributed by atoms with Gasteiger partial charge in [0.15, 0.2) is 0 Å². The number of carbonyl (C=O) groups is 1. The van der Waals surface area contributed by atoms with E-state index in [0.717, 1.165) is 23.0 Å². The molecule has 1 saturated heterocycles. The van der Waals surface area contributed by atoms with Gasteiger partial charge in [0.1, 0.15) is 4.88 Å². The summed E-state index contributed by atoms with van der Waals surface area (Å²) in [5, 5.41) is 4.09. The molecule has 14 heavy (non-hydrogen) atoms. The minimum atomic E-state index is 0.0853. The van der Waals surface area contributed by atoms with Crippen LogP contribution < -0.4 is 5.32 Å². The smallest absolute Gasteiger partial charge is 0.265 e. The van der Waals surface area contributed by atoms with Gasteiger partial charge >= 0.3 is 0 Å². The third kappa shape index (κ3) is 1.65. The van der Waals surface area contributed by atoms with E-state index in [1.807, 2.05) is 14.0 Å². The van der Waals surface area contributed by atoms with E-state index < -0.39 is 0 Å². The molecular weight excluding hydrogens is 198 g/mol. The number of hydrogen-bond donors (Lipinski definition) is 1. The number of hydrogen-bond acceptors (Lipinski definition) is 4. The van der Waals surface area contributed by atoms with E-state index in [4.69, 9.17) is 0 Å². The fourth-order valence-electron chi connectivity index (χ4n) is 1.35. The topological polar surface area (TPSA) is 45.2 Å². The molecule has 4 nitrogen and oxygen atoms in total. The Labute approximate surface area is 86.9 Å². The molecule has 1 aromatic heterocycles. The third-order valence-corrected chi connectivity index (χ3v) is 3.36. The van der Waals surface area contributed by atoms with E-state index in [2.05, 4.69) is 10.3 Å². The van der Waals surface area contributed by atoms with Crippen molar-refractivity contribution in [2.45, 2.75) is 13.0 Å². The summed E-state index contributed by atoms with van der Waals surface area (Å²) in [6, 6.07) is 0.352. The van der Waals surface area contributed by atoms with Gasteiger partial charge in [0.2, 0.25) is 0 Å². The highest BCUT2D eigenvalue weighted by molar-refractivity contribution is 7.13. The van der Waals surface area contributed by atoms with E-state index in [1.165, 1.54) is 11.3 Å². The molecule has 0 bridgehead atoms. The zero-order valence-electron chi connectivity index (χ0n) is 8.28. The molecule has 5 heteroatoms. The van der Waals surface area contributed by atoms with Crippen molar-refractivity contribution >= 4 is 17.2 Å². The Morgan fingerprint density at radius 2 is 2.43 bits per heavy atom. The largest absolute Gasteiger partial charge is 0.335 e. The molecular formula is C9H13N3OS. The Bertz CT molecular complexity index is 346. The summed E-state index contributed by atoms with van der Waals surface area (Å²) in [5.74, 6) is 0.0853. The Kier molecular flexibility index (Phi) is 2.52. The summed E-state index contributed by atoms with van der Waals surface area (Å²) in [4.78, 5) is 18.5. The normalized spacial score (nSPS) is 16.4. The van der Waals surface area contributed by atoms with Gasteiger partial charge in [-0.3, -0.25) is 4.79 Å². The Hall–Kier alpha value is -0.940. The van der Waals surface area contributed by atoms with E-state index in [9.17, 15) is 4.79 Å². The van der Waals surface area contributed by atoms with Crippen LogP contribution in [-0.2, 0) is 0 Å². The number of aryl methyl sites for hydroxylation is 1. The van der Waals surface area contributed by atoms with Crippen molar-refractivity contribution in [3.05, 3.63) is 16.1 Å². The minimum Gasteiger partial charge on any atom is -0.335 e. The molecule has 2 rings (SSSR count). The number of amides is 1. The highest BCUT2D eigenvalue weighted by atomic mass is 32.1. The lowest BCUT2D eigenvalue weighted by Crippen LogP contribution is -2.57. The number of nitrogens with one attached hydrogen (secondary N) is 1. The SMILES string of the molecule is Cc1ncc(C(=O)N(C)C2CNC2)s1. The van der Waals surface area contributed by atoms with Gasteiger partial charge in [-0.05, 0) is 6.92 Å². The van der Waals surface area contributed by atoms with Crippen LogP contribution in [0.3, 0.4) is 0 Å². The summed E-state index contributed by atoms with van der Waals surface area (Å²) >= 11 is 1.45. The number of nitrogens with zero attached hydrogens (tertiary/aromatic N) is 2. The van der Waals surface area contributed by atoms with Crippen molar-refractivity contribution in [1.82, 2.24) is 15.2 Å². The monoisotopic (exact) mass is 211 g/mol. The van der Waals surface area contributed by atoms with E-state index in [-0.39, 0.29) is 5.91 Å². The summed E-state index contributed by atoms with van der Waals surface area (Å²) < 4.78 is 0. The van der Waals surface area contributed by atoms with Gasteiger partial charge in [-0.15, -0.1) is 11.3 Å².